The molecule has 3 rings (SSSR count). The highest BCUT2D eigenvalue weighted by molar-refractivity contribution is 5.69. The summed E-state index contributed by atoms with van der Waals surface area (Å²) in [5.41, 5.74) is 1.66. The minimum absolute atomic E-state index is 0.0920. The first-order valence-electron chi connectivity index (χ1n) is 5.89. The van der Waals surface area contributed by atoms with Crippen LogP contribution in [0.2, 0.25) is 0 Å². The monoisotopic (exact) mass is 256 g/mol. The largest absolute Gasteiger partial charge is 0.481 e. The maximum atomic E-state index is 10.6. The second kappa shape index (κ2) is 4.56. The van der Waals surface area contributed by atoms with Crippen molar-refractivity contribution in [2.45, 2.75) is 12.8 Å². The number of aromatic amines is 1. The van der Waals surface area contributed by atoms with Gasteiger partial charge >= 0.3 is 5.97 Å². The third-order valence-electron chi connectivity index (χ3n) is 2.77. The van der Waals surface area contributed by atoms with Crippen LogP contribution in [0.15, 0.2) is 36.5 Å². The molecule has 0 fully saturated rings. The van der Waals surface area contributed by atoms with Crippen LogP contribution in [0.25, 0.3) is 5.78 Å². The van der Waals surface area contributed by atoms with E-state index in [4.69, 9.17) is 5.11 Å². The number of imidazole rings is 1. The SMILES string of the molecule is O=C(O)Cc1cn2[nH]c(Cc3ccccc3)nc2n1. The Labute approximate surface area is 108 Å². The molecule has 96 valence electrons. The van der Waals surface area contributed by atoms with Crippen LogP contribution in [0.1, 0.15) is 17.1 Å². The first-order valence-corrected chi connectivity index (χ1v) is 5.89. The maximum Gasteiger partial charge on any atom is 0.309 e. The highest BCUT2D eigenvalue weighted by Crippen LogP contribution is 2.08. The van der Waals surface area contributed by atoms with Gasteiger partial charge in [-0.05, 0) is 5.56 Å². The normalized spacial score (nSPS) is 10.9. The Morgan fingerprint density at radius 2 is 2.05 bits per heavy atom. The number of rotatable bonds is 4. The fourth-order valence-electron chi connectivity index (χ4n) is 1.97. The number of carboxylic acids is 1. The van der Waals surface area contributed by atoms with Crippen molar-refractivity contribution in [1.29, 1.82) is 0 Å². The number of fused-ring (bicyclic) bond motifs is 1. The van der Waals surface area contributed by atoms with E-state index >= 15 is 0 Å². The predicted molar refractivity (Wildman–Crippen MR) is 67.9 cm³/mol. The van der Waals surface area contributed by atoms with Gasteiger partial charge in [-0.1, -0.05) is 30.3 Å². The molecule has 0 spiro atoms. The molecule has 0 unspecified atom stereocenters. The van der Waals surface area contributed by atoms with Crippen molar-refractivity contribution in [1.82, 2.24) is 19.6 Å². The summed E-state index contributed by atoms with van der Waals surface area (Å²) in [7, 11) is 0. The van der Waals surface area contributed by atoms with Gasteiger partial charge in [0.05, 0.1) is 18.3 Å². The van der Waals surface area contributed by atoms with Gasteiger partial charge in [-0.2, -0.15) is 4.98 Å². The molecule has 19 heavy (non-hydrogen) atoms. The average molecular weight is 256 g/mol. The molecule has 0 saturated heterocycles. The smallest absolute Gasteiger partial charge is 0.309 e. The van der Waals surface area contributed by atoms with Gasteiger partial charge in [0.2, 0.25) is 0 Å². The van der Waals surface area contributed by atoms with Gasteiger partial charge in [0.15, 0.2) is 0 Å². The molecule has 0 aliphatic rings. The summed E-state index contributed by atoms with van der Waals surface area (Å²) in [5.74, 6) is 0.406. The van der Waals surface area contributed by atoms with E-state index in [1.165, 1.54) is 0 Å². The molecule has 6 nitrogen and oxygen atoms in total. The number of nitrogens with one attached hydrogen (secondary N) is 1. The molecule has 2 heterocycles. The Kier molecular flexibility index (Phi) is 2.75. The van der Waals surface area contributed by atoms with Crippen LogP contribution in [0.5, 0.6) is 0 Å². The molecular formula is C13H12N4O2. The minimum atomic E-state index is -0.898. The van der Waals surface area contributed by atoms with Crippen molar-refractivity contribution in [2.24, 2.45) is 0 Å². The van der Waals surface area contributed by atoms with Crippen LogP contribution in [-0.4, -0.2) is 30.7 Å². The quantitative estimate of drug-likeness (QED) is 0.736. The van der Waals surface area contributed by atoms with Crippen molar-refractivity contribution in [2.75, 3.05) is 0 Å². The van der Waals surface area contributed by atoms with Crippen LogP contribution >= 0.6 is 0 Å². The van der Waals surface area contributed by atoms with Crippen LogP contribution < -0.4 is 0 Å². The van der Waals surface area contributed by atoms with E-state index < -0.39 is 5.97 Å². The summed E-state index contributed by atoms with van der Waals surface area (Å²) in [6, 6.07) is 9.99. The Bertz CT molecular complexity index is 683. The summed E-state index contributed by atoms with van der Waals surface area (Å²) < 4.78 is 1.65. The number of carboxylic acid groups (broad SMARTS) is 1. The number of aliphatic carboxylic acids is 1. The topological polar surface area (TPSA) is 83.3 Å². The van der Waals surface area contributed by atoms with Crippen molar-refractivity contribution >= 4 is 11.7 Å². The van der Waals surface area contributed by atoms with Gasteiger partial charge in [0.1, 0.15) is 5.82 Å². The minimum Gasteiger partial charge on any atom is -0.481 e. The summed E-state index contributed by atoms with van der Waals surface area (Å²) in [6.07, 6.45) is 2.26. The Morgan fingerprint density at radius 1 is 1.26 bits per heavy atom. The molecule has 1 aromatic carbocycles. The molecule has 3 aromatic rings. The summed E-state index contributed by atoms with van der Waals surface area (Å²) in [4.78, 5) is 19.1. The summed E-state index contributed by atoms with van der Waals surface area (Å²) in [6.45, 7) is 0. The lowest BCUT2D eigenvalue weighted by Crippen LogP contribution is -2.00. The summed E-state index contributed by atoms with van der Waals surface area (Å²) in [5, 5.41) is 11.8. The predicted octanol–water partition coefficient (Wildman–Crippen LogP) is 1.28. The number of hydrogen-bond donors (Lipinski definition) is 2. The highest BCUT2D eigenvalue weighted by atomic mass is 16.4. The lowest BCUT2D eigenvalue weighted by Gasteiger charge is -1.96. The molecule has 0 aliphatic heterocycles. The Morgan fingerprint density at radius 3 is 2.74 bits per heavy atom. The van der Waals surface area contributed by atoms with Crippen molar-refractivity contribution in [3.8, 4) is 0 Å². The molecule has 0 aliphatic carbocycles. The maximum absolute atomic E-state index is 10.6. The number of benzene rings is 1. The van der Waals surface area contributed by atoms with E-state index in [1.807, 2.05) is 30.3 Å². The van der Waals surface area contributed by atoms with Crippen LogP contribution in [0, 0.1) is 0 Å². The third kappa shape index (κ3) is 2.47. The Balaban J connectivity index is 1.83. The van der Waals surface area contributed by atoms with E-state index in [9.17, 15) is 4.79 Å². The van der Waals surface area contributed by atoms with E-state index in [0.29, 0.717) is 17.9 Å². The standard InChI is InChI=1S/C13H12N4O2/c18-12(19)7-10-8-17-13(14-10)15-11(16-17)6-9-4-2-1-3-5-9/h1-5,8H,6-7H2,(H,18,19)(H,14,15,16). The molecule has 0 radical (unpaired) electrons. The first-order chi connectivity index (χ1) is 9.20. The summed E-state index contributed by atoms with van der Waals surface area (Å²) >= 11 is 0. The van der Waals surface area contributed by atoms with Gasteiger partial charge < -0.3 is 5.11 Å². The van der Waals surface area contributed by atoms with Crippen LogP contribution in [0.4, 0.5) is 0 Å². The van der Waals surface area contributed by atoms with Gasteiger partial charge in [0, 0.05) is 6.42 Å². The molecule has 0 amide bonds. The fraction of sp³-hybridized carbons (Fsp3) is 0.154. The van der Waals surface area contributed by atoms with Crippen molar-refractivity contribution in [3.63, 3.8) is 0 Å². The van der Waals surface area contributed by atoms with Gasteiger partial charge in [-0.25, -0.2) is 9.50 Å². The molecule has 6 heteroatoms. The number of H-pyrrole nitrogens is 1. The van der Waals surface area contributed by atoms with Crippen LogP contribution in [-0.2, 0) is 17.6 Å². The van der Waals surface area contributed by atoms with Crippen molar-refractivity contribution < 1.29 is 9.90 Å². The van der Waals surface area contributed by atoms with Gasteiger partial charge in [-0.3, -0.25) is 9.89 Å². The van der Waals surface area contributed by atoms with Crippen molar-refractivity contribution in [3.05, 3.63) is 53.6 Å². The number of carbonyl (C=O) groups is 1. The van der Waals surface area contributed by atoms with E-state index in [1.54, 1.807) is 10.7 Å². The Hall–Kier alpha value is -2.63. The molecule has 0 saturated carbocycles. The fourth-order valence-corrected chi connectivity index (χ4v) is 1.97. The lowest BCUT2D eigenvalue weighted by molar-refractivity contribution is -0.136. The first kappa shape index (κ1) is 11.5. The van der Waals surface area contributed by atoms with Gasteiger partial charge in [-0.15, -0.1) is 0 Å². The number of aromatic nitrogens is 4. The third-order valence-corrected chi connectivity index (χ3v) is 2.77. The molecule has 0 atom stereocenters. The van der Waals surface area contributed by atoms with E-state index in [2.05, 4.69) is 15.1 Å². The van der Waals surface area contributed by atoms with E-state index in [0.717, 1.165) is 11.4 Å². The molecule has 0 bridgehead atoms. The number of nitrogens with zero attached hydrogens (tertiary/aromatic N) is 3. The zero-order valence-corrected chi connectivity index (χ0v) is 10.1. The molecule has 2 N–H and O–H groups in total. The lowest BCUT2D eigenvalue weighted by atomic mass is 10.1. The van der Waals surface area contributed by atoms with E-state index in [-0.39, 0.29) is 6.42 Å². The highest BCUT2D eigenvalue weighted by Gasteiger charge is 2.10. The molecule has 2 aromatic heterocycles. The second-order valence-corrected chi connectivity index (χ2v) is 4.31. The zero-order chi connectivity index (χ0) is 13.2. The van der Waals surface area contributed by atoms with Crippen LogP contribution in [0.3, 0.4) is 0 Å². The zero-order valence-electron chi connectivity index (χ0n) is 10.1. The number of hydrogen-bond acceptors (Lipinski definition) is 3. The van der Waals surface area contributed by atoms with Gasteiger partial charge in [0.25, 0.3) is 5.78 Å². The molecular weight excluding hydrogens is 244 g/mol. The average Bonchev–Trinajstić information content (AvgIpc) is 2.87. The second-order valence-electron chi connectivity index (χ2n) is 4.31.